The highest BCUT2D eigenvalue weighted by molar-refractivity contribution is 9.10. The summed E-state index contributed by atoms with van der Waals surface area (Å²) in [6.07, 6.45) is 0. The molecule has 0 aromatic heterocycles. The fourth-order valence-electron chi connectivity index (χ4n) is 2.51. The number of rotatable bonds is 4. The van der Waals surface area contributed by atoms with Gasteiger partial charge in [0.05, 0.1) is 13.2 Å². The van der Waals surface area contributed by atoms with Crippen molar-refractivity contribution in [2.24, 2.45) is 0 Å². The van der Waals surface area contributed by atoms with Crippen molar-refractivity contribution in [1.82, 2.24) is 5.32 Å². The van der Waals surface area contributed by atoms with E-state index in [0.29, 0.717) is 36.0 Å². The van der Waals surface area contributed by atoms with E-state index in [0.717, 1.165) is 10.0 Å². The molecule has 1 atom stereocenters. The lowest BCUT2D eigenvalue weighted by Crippen LogP contribution is -2.27. The standard InChI is InChI=1S/C18H18BrNO4/c1-11(20-18(21)12-3-5-13(22-2)6-4-12)14-9-16-17(10-15(14)19)24-8-7-23-16/h3-6,9-11H,7-8H2,1-2H3,(H,20,21)/t11-/m1/s1. The van der Waals surface area contributed by atoms with Crippen LogP contribution >= 0.6 is 15.9 Å². The van der Waals surface area contributed by atoms with Gasteiger partial charge in [-0.3, -0.25) is 4.79 Å². The minimum atomic E-state index is -0.190. The first kappa shape index (κ1) is 16.6. The number of carbonyl (C=O) groups excluding carboxylic acids is 1. The maximum absolute atomic E-state index is 12.4. The molecule has 0 radical (unpaired) electrons. The molecule has 1 aliphatic rings. The number of carbonyl (C=O) groups is 1. The highest BCUT2D eigenvalue weighted by Crippen LogP contribution is 2.37. The zero-order chi connectivity index (χ0) is 17.1. The van der Waals surface area contributed by atoms with Crippen LogP contribution in [0.3, 0.4) is 0 Å². The van der Waals surface area contributed by atoms with Gasteiger partial charge in [-0.25, -0.2) is 0 Å². The summed E-state index contributed by atoms with van der Waals surface area (Å²) < 4.78 is 17.1. The first-order valence-electron chi connectivity index (χ1n) is 7.62. The predicted molar refractivity (Wildman–Crippen MR) is 94.0 cm³/mol. The molecule has 0 aliphatic carbocycles. The third kappa shape index (κ3) is 3.48. The summed E-state index contributed by atoms with van der Waals surface area (Å²) in [5, 5.41) is 2.99. The van der Waals surface area contributed by atoms with E-state index >= 15 is 0 Å². The maximum atomic E-state index is 12.4. The molecule has 126 valence electrons. The molecule has 1 N–H and O–H groups in total. The van der Waals surface area contributed by atoms with Crippen molar-refractivity contribution in [2.75, 3.05) is 20.3 Å². The van der Waals surface area contributed by atoms with Crippen molar-refractivity contribution in [3.8, 4) is 17.2 Å². The van der Waals surface area contributed by atoms with Crippen LogP contribution in [0.15, 0.2) is 40.9 Å². The van der Waals surface area contributed by atoms with Gasteiger partial charge in [-0.15, -0.1) is 0 Å². The minimum Gasteiger partial charge on any atom is -0.497 e. The van der Waals surface area contributed by atoms with Gasteiger partial charge < -0.3 is 19.5 Å². The molecule has 0 unspecified atom stereocenters. The van der Waals surface area contributed by atoms with Crippen LogP contribution in [0.5, 0.6) is 17.2 Å². The molecule has 2 aromatic rings. The van der Waals surface area contributed by atoms with Gasteiger partial charge in [-0.05, 0) is 48.9 Å². The van der Waals surface area contributed by atoms with Crippen molar-refractivity contribution >= 4 is 21.8 Å². The average Bonchev–Trinajstić information content (AvgIpc) is 2.61. The molecular weight excluding hydrogens is 374 g/mol. The molecule has 24 heavy (non-hydrogen) atoms. The van der Waals surface area contributed by atoms with E-state index in [9.17, 15) is 4.79 Å². The average molecular weight is 392 g/mol. The van der Waals surface area contributed by atoms with E-state index in [4.69, 9.17) is 14.2 Å². The summed E-state index contributed by atoms with van der Waals surface area (Å²) in [6.45, 7) is 3.00. The van der Waals surface area contributed by atoms with Crippen LogP contribution in [-0.4, -0.2) is 26.2 Å². The van der Waals surface area contributed by atoms with E-state index in [-0.39, 0.29) is 11.9 Å². The molecule has 0 bridgehead atoms. The smallest absolute Gasteiger partial charge is 0.251 e. The van der Waals surface area contributed by atoms with Gasteiger partial charge in [-0.1, -0.05) is 15.9 Å². The van der Waals surface area contributed by atoms with Crippen molar-refractivity contribution in [2.45, 2.75) is 13.0 Å². The molecule has 1 heterocycles. The Morgan fingerprint density at radius 2 is 1.79 bits per heavy atom. The van der Waals surface area contributed by atoms with Crippen LogP contribution in [0.4, 0.5) is 0 Å². The van der Waals surface area contributed by atoms with Gasteiger partial charge in [0.1, 0.15) is 19.0 Å². The summed E-state index contributed by atoms with van der Waals surface area (Å²) in [5.74, 6) is 1.98. The van der Waals surface area contributed by atoms with Crippen molar-refractivity contribution in [1.29, 1.82) is 0 Å². The quantitative estimate of drug-likeness (QED) is 0.862. The van der Waals surface area contributed by atoms with Crippen LogP contribution < -0.4 is 19.5 Å². The molecule has 1 aliphatic heterocycles. The lowest BCUT2D eigenvalue weighted by molar-refractivity contribution is 0.0939. The summed E-state index contributed by atoms with van der Waals surface area (Å²) in [6, 6.07) is 10.6. The second-order valence-electron chi connectivity index (χ2n) is 5.44. The monoisotopic (exact) mass is 391 g/mol. The summed E-state index contributed by atoms with van der Waals surface area (Å²) >= 11 is 3.54. The number of ether oxygens (including phenoxy) is 3. The number of hydrogen-bond donors (Lipinski definition) is 1. The van der Waals surface area contributed by atoms with Gasteiger partial charge in [0, 0.05) is 10.0 Å². The lowest BCUT2D eigenvalue weighted by atomic mass is 10.1. The Kier molecular flexibility index (Phi) is 4.94. The van der Waals surface area contributed by atoms with E-state index in [1.54, 1.807) is 31.4 Å². The fraction of sp³-hybridized carbons (Fsp3) is 0.278. The van der Waals surface area contributed by atoms with E-state index < -0.39 is 0 Å². The second kappa shape index (κ2) is 7.13. The molecular formula is C18H18BrNO4. The Hall–Kier alpha value is -2.21. The van der Waals surface area contributed by atoms with Gasteiger partial charge in [0.25, 0.3) is 5.91 Å². The summed E-state index contributed by atoms with van der Waals surface area (Å²) in [5.41, 5.74) is 1.51. The Labute approximate surface area is 149 Å². The topological polar surface area (TPSA) is 56.8 Å². The number of benzene rings is 2. The number of nitrogens with one attached hydrogen (secondary N) is 1. The predicted octanol–water partition coefficient (Wildman–Crippen LogP) is 3.72. The van der Waals surface area contributed by atoms with E-state index in [1.165, 1.54) is 0 Å². The first-order chi connectivity index (χ1) is 11.6. The molecule has 6 heteroatoms. The largest absolute Gasteiger partial charge is 0.497 e. The number of halogens is 1. The molecule has 3 rings (SSSR count). The SMILES string of the molecule is COc1ccc(C(=O)N[C@H](C)c2cc3c(cc2Br)OCCO3)cc1. The number of fused-ring (bicyclic) bond motifs is 1. The van der Waals surface area contributed by atoms with Crippen LogP contribution in [-0.2, 0) is 0 Å². The normalized spacial score (nSPS) is 14.0. The maximum Gasteiger partial charge on any atom is 0.251 e. The zero-order valence-electron chi connectivity index (χ0n) is 13.5. The number of methoxy groups -OCH3 is 1. The molecule has 1 amide bonds. The Balaban J connectivity index is 1.76. The van der Waals surface area contributed by atoms with Crippen LogP contribution in [0.25, 0.3) is 0 Å². The van der Waals surface area contributed by atoms with Crippen molar-refractivity contribution in [3.63, 3.8) is 0 Å². The highest BCUT2D eigenvalue weighted by atomic mass is 79.9. The van der Waals surface area contributed by atoms with E-state index in [2.05, 4.69) is 21.2 Å². The Morgan fingerprint density at radius 3 is 2.42 bits per heavy atom. The van der Waals surface area contributed by atoms with Gasteiger partial charge >= 0.3 is 0 Å². The molecule has 0 fully saturated rings. The van der Waals surface area contributed by atoms with E-state index in [1.807, 2.05) is 19.1 Å². The van der Waals surface area contributed by atoms with Gasteiger partial charge in [0.15, 0.2) is 11.5 Å². The second-order valence-corrected chi connectivity index (χ2v) is 6.30. The molecule has 0 saturated heterocycles. The molecule has 0 spiro atoms. The van der Waals surface area contributed by atoms with Gasteiger partial charge in [0.2, 0.25) is 0 Å². The minimum absolute atomic E-state index is 0.146. The van der Waals surface area contributed by atoms with Crippen LogP contribution in [0, 0.1) is 0 Å². The zero-order valence-corrected chi connectivity index (χ0v) is 15.1. The Morgan fingerprint density at radius 1 is 1.17 bits per heavy atom. The first-order valence-corrected chi connectivity index (χ1v) is 8.41. The van der Waals surface area contributed by atoms with Crippen LogP contribution in [0.2, 0.25) is 0 Å². The number of hydrogen-bond acceptors (Lipinski definition) is 4. The van der Waals surface area contributed by atoms with Crippen LogP contribution in [0.1, 0.15) is 28.9 Å². The fourth-order valence-corrected chi connectivity index (χ4v) is 3.18. The number of amides is 1. The third-order valence-electron chi connectivity index (χ3n) is 3.83. The molecule has 0 saturated carbocycles. The third-order valence-corrected chi connectivity index (χ3v) is 4.51. The van der Waals surface area contributed by atoms with Gasteiger partial charge in [-0.2, -0.15) is 0 Å². The lowest BCUT2D eigenvalue weighted by Gasteiger charge is -2.22. The van der Waals surface area contributed by atoms with Crippen molar-refractivity contribution in [3.05, 3.63) is 52.0 Å². The molecule has 2 aromatic carbocycles. The molecule has 5 nitrogen and oxygen atoms in total. The summed E-state index contributed by atoms with van der Waals surface area (Å²) in [7, 11) is 1.59. The highest BCUT2D eigenvalue weighted by Gasteiger charge is 2.19. The Bertz CT molecular complexity index is 745. The summed E-state index contributed by atoms with van der Waals surface area (Å²) in [4.78, 5) is 12.4. The van der Waals surface area contributed by atoms with Crippen molar-refractivity contribution < 1.29 is 19.0 Å².